The average molecular weight is 765 g/mol. The van der Waals surface area contributed by atoms with E-state index in [0.29, 0.717) is 30.4 Å². The first-order valence-corrected chi connectivity index (χ1v) is 19.5. The lowest BCUT2D eigenvalue weighted by Crippen LogP contribution is -2.54. The number of nitrogens with one attached hydrogen (secondary N) is 2. The first kappa shape index (κ1) is 37.5. The lowest BCUT2D eigenvalue weighted by atomic mass is 10.0. The highest BCUT2D eigenvalue weighted by Gasteiger charge is 2.44. The molecule has 0 saturated carbocycles. The fourth-order valence-corrected chi connectivity index (χ4v) is 8.08. The van der Waals surface area contributed by atoms with Crippen LogP contribution in [0.1, 0.15) is 54.3 Å². The minimum atomic E-state index is -0.969. The summed E-state index contributed by atoms with van der Waals surface area (Å²) in [6.07, 6.45) is 1.93. The standard InChI is InChI=1S/C40H48N10O6/c1-25(2)56-28-5-7-32-31(21-28)37(45-44-32)33-22-35(42-24-41-33)49-15-14-47(26(3)23-49)17-19-55-18-16-46-10-12-48(13-11-46)27-4-6-29-30(20-27)40(54)50(39(29)53)34-8-9-36(51)43-38(34)52/h4-7,20-22,24-26,34H,8-19,23H2,1-3H3,(H,44,45)(H,43,51,52)/t26-,34?/m0/s1. The van der Waals surface area contributed by atoms with Crippen molar-refractivity contribution in [2.75, 3.05) is 81.9 Å². The van der Waals surface area contributed by atoms with Gasteiger partial charge in [0, 0.05) is 88.5 Å². The second-order valence-corrected chi connectivity index (χ2v) is 15.2. The summed E-state index contributed by atoms with van der Waals surface area (Å²) in [7, 11) is 0. The maximum atomic E-state index is 13.3. The van der Waals surface area contributed by atoms with Crippen LogP contribution < -0.4 is 19.9 Å². The third-order valence-corrected chi connectivity index (χ3v) is 11.1. The number of amides is 4. The number of hydrogen-bond donors (Lipinski definition) is 2. The average Bonchev–Trinajstić information content (AvgIpc) is 3.72. The Kier molecular flexibility index (Phi) is 10.7. The fraction of sp³-hybridized carbons (Fsp3) is 0.475. The molecule has 294 valence electrons. The van der Waals surface area contributed by atoms with E-state index in [2.05, 4.69) is 52.0 Å². The first-order valence-electron chi connectivity index (χ1n) is 19.5. The first-order chi connectivity index (χ1) is 27.1. The number of piperazine rings is 2. The summed E-state index contributed by atoms with van der Waals surface area (Å²) < 4.78 is 12.0. The van der Waals surface area contributed by atoms with Crippen molar-refractivity contribution < 1.29 is 28.7 Å². The van der Waals surface area contributed by atoms with Gasteiger partial charge in [-0.3, -0.25) is 44.3 Å². The van der Waals surface area contributed by atoms with Crippen LogP contribution in [0.5, 0.6) is 5.75 Å². The fourth-order valence-electron chi connectivity index (χ4n) is 8.08. The molecule has 3 fully saturated rings. The molecule has 3 saturated heterocycles. The number of rotatable bonds is 12. The number of carbonyl (C=O) groups is 4. The van der Waals surface area contributed by atoms with Gasteiger partial charge in [0.25, 0.3) is 11.8 Å². The molecule has 16 nitrogen and oxygen atoms in total. The largest absolute Gasteiger partial charge is 0.491 e. The van der Waals surface area contributed by atoms with Crippen LogP contribution in [0.4, 0.5) is 11.5 Å². The zero-order valence-corrected chi connectivity index (χ0v) is 32.1. The molecule has 2 N–H and O–H groups in total. The van der Waals surface area contributed by atoms with Crippen molar-refractivity contribution in [1.82, 2.24) is 40.2 Å². The molecule has 2 aromatic heterocycles. The number of H-pyrrole nitrogens is 1. The highest BCUT2D eigenvalue weighted by atomic mass is 16.5. The Morgan fingerprint density at radius 3 is 2.43 bits per heavy atom. The molecule has 8 rings (SSSR count). The number of piperidine rings is 1. The number of benzene rings is 2. The Hall–Kier alpha value is -5.45. The minimum absolute atomic E-state index is 0.0788. The third kappa shape index (κ3) is 7.68. The number of anilines is 2. The smallest absolute Gasteiger partial charge is 0.262 e. The predicted molar refractivity (Wildman–Crippen MR) is 209 cm³/mol. The number of carbonyl (C=O) groups excluding carboxylic acids is 4. The van der Waals surface area contributed by atoms with E-state index in [1.807, 2.05) is 44.2 Å². The van der Waals surface area contributed by atoms with Crippen molar-refractivity contribution in [1.29, 1.82) is 0 Å². The van der Waals surface area contributed by atoms with Crippen LogP contribution in [0.3, 0.4) is 0 Å². The zero-order valence-electron chi connectivity index (χ0n) is 32.1. The summed E-state index contributed by atoms with van der Waals surface area (Å²) in [6.45, 7) is 15.1. The van der Waals surface area contributed by atoms with Gasteiger partial charge in [-0.05, 0) is 63.6 Å². The van der Waals surface area contributed by atoms with Gasteiger partial charge in [-0.25, -0.2) is 9.97 Å². The lowest BCUT2D eigenvalue weighted by Gasteiger charge is -2.40. The molecule has 16 heteroatoms. The Balaban J connectivity index is 0.765. The van der Waals surface area contributed by atoms with E-state index < -0.39 is 23.8 Å². The number of aromatic amines is 1. The Morgan fingerprint density at radius 2 is 1.64 bits per heavy atom. The number of fused-ring (bicyclic) bond motifs is 2. The van der Waals surface area contributed by atoms with Gasteiger partial charge in [0.05, 0.1) is 41.7 Å². The molecule has 56 heavy (non-hydrogen) atoms. The molecule has 6 heterocycles. The van der Waals surface area contributed by atoms with Gasteiger partial charge < -0.3 is 19.3 Å². The summed E-state index contributed by atoms with van der Waals surface area (Å²) in [6, 6.07) is 12.6. The van der Waals surface area contributed by atoms with E-state index in [9.17, 15) is 19.2 Å². The number of hydrogen-bond acceptors (Lipinski definition) is 13. The lowest BCUT2D eigenvalue weighted by molar-refractivity contribution is -0.136. The van der Waals surface area contributed by atoms with Gasteiger partial charge in [-0.1, -0.05) is 0 Å². The van der Waals surface area contributed by atoms with Gasteiger partial charge >= 0.3 is 0 Å². The molecule has 2 atom stereocenters. The van der Waals surface area contributed by atoms with Crippen molar-refractivity contribution >= 4 is 46.0 Å². The maximum Gasteiger partial charge on any atom is 0.262 e. The van der Waals surface area contributed by atoms with Crippen molar-refractivity contribution in [3.05, 3.63) is 59.9 Å². The molecule has 2 aromatic carbocycles. The molecule has 1 unspecified atom stereocenters. The van der Waals surface area contributed by atoms with Gasteiger partial charge in [0.15, 0.2) is 0 Å². The molecule has 4 aliphatic rings. The molecule has 0 spiro atoms. The molecule has 4 aromatic rings. The SMILES string of the molecule is CC(C)Oc1ccc2[nH]nc(-c3cc(N4CCN(CCOCCN5CCN(c6ccc7c(c6)C(=O)N(C6CCC(=O)NC6=O)C7=O)CC5)[C@@H](C)C4)ncn3)c2c1. The molecule has 4 amide bonds. The van der Waals surface area contributed by atoms with Crippen LogP contribution in [0, 0.1) is 0 Å². The molecule has 0 radical (unpaired) electrons. The van der Waals surface area contributed by atoms with E-state index in [0.717, 1.165) is 103 Å². The van der Waals surface area contributed by atoms with Crippen molar-refractivity contribution in [2.24, 2.45) is 0 Å². The molecule has 4 aliphatic heterocycles. The number of imide groups is 2. The zero-order chi connectivity index (χ0) is 38.9. The van der Waals surface area contributed by atoms with Crippen molar-refractivity contribution in [2.45, 2.75) is 51.8 Å². The van der Waals surface area contributed by atoms with Crippen LogP contribution in [0.25, 0.3) is 22.3 Å². The van der Waals surface area contributed by atoms with Crippen LogP contribution in [0.15, 0.2) is 48.8 Å². The normalized spacial score (nSPS) is 21.0. The highest BCUT2D eigenvalue weighted by Crippen LogP contribution is 2.32. The van der Waals surface area contributed by atoms with E-state index >= 15 is 0 Å². The number of nitrogens with zero attached hydrogens (tertiary/aromatic N) is 8. The summed E-state index contributed by atoms with van der Waals surface area (Å²) in [5, 5.41) is 10.9. The van der Waals surface area contributed by atoms with E-state index in [-0.39, 0.29) is 24.9 Å². The number of aromatic nitrogens is 4. The van der Waals surface area contributed by atoms with Gasteiger partial charge in [-0.2, -0.15) is 5.10 Å². The van der Waals surface area contributed by atoms with E-state index in [4.69, 9.17) is 9.47 Å². The summed E-state index contributed by atoms with van der Waals surface area (Å²) in [4.78, 5) is 69.9. The topological polar surface area (TPSA) is 169 Å². The monoisotopic (exact) mass is 764 g/mol. The highest BCUT2D eigenvalue weighted by molar-refractivity contribution is 6.23. The number of ether oxygens (including phenoxy) is 2. The summed E-state index contributed by atoms with van der Waals surface area (Å²) >= 11 is 0. The second kappa shape index (κ2) is 16.0. The summed E-state index contributed by atoms with van der Waals surface area (Å²) in [5.74, 6) is -0.282. The van der Waals surface area contributed by atoms with E-state index in [1.165, 1.54) is 0 Å². The predicted octanol–water partition coefficient (Wildman–Crippen LogP) is 2.56. The Morgan fingerprint density at radius 1 is 0.857 bits per heavy atom. The molecule has 0 aliphatic carbocycles. The van der Waals surface area contributed by atoms with E-state index in [1.54, 1.807) is 18.5 Å². The summed E-state index contributed by atoms with van der Waals surface area (Å²) in [5.41, 5.74) is 3.95. The van der Waals surface area contributed by atoms with Crippen LogP contribution in [-0.2, 0) is 14.3 Å². The quantitative estimate of drug-likeness (QED) is 0.160. The van der Waals surface area contributed by atoms with Gasteiger partial charge in [0.1, 0.15) is 29.6 Å². The molecular weight excluding hydrogens is 717 g/mol. The van der Waals surface area contributed by atoms with Crippen molar-refractivity contribution in [3.63, 3.8) is 0 Å². The van der Waals surface area contributed by atoms with Gasteiger partial charge in [0.2, 0.25) is 11.8 Å². The van der Waals surface area contributed by atoms with Crippen LogP contribution >= 0.6 is 0 Å². The van der Waals surface area contributed by atoms with Crippen molar-refractivity contribution in [3.8, 4) is 17.1 Å². The Labute approximate surface area is 325 Å². The third-order valence-electron chi connectivity index (χ3n) is 11.1. The maximum absolute atomic E-state index is 13.3. The molecule has 0 bridgehead atoms. The molecular formula is C40H48N10O6. The van der Waals surface area contributed by atoms with Crippen LogP contribution in [0.2, 0.25) is 0 Å². The van der Waals surface area contributed by atoms with Crippen LogP contribution in [-0.4, -0.2) is 149 Å². The van der Waals surface area contributed by atoms with Gasteiger partial charge in [-0.15, -0.1) is 0 Å². The Bertz CT molecular complexity index is 2130. The second-order valence-electron chi connectivity index (χ2n) is 15.2. The minimum Gasteiger partial charge on any atom is -0.491 e.